The third-order valence-corrected chi connectivity index (χ3v) is 7.09. The minimum Gasteiger partial charge on any atom is -0.497 e. The number of aromatic carboxylic acids is 1. The molecule has 0 unspecified atom stereocenters. The van der Waals surface area contributed by atoms with Crippen molar-refractivity contribution in [3.05, 3.63) is 102 Å². The fourth-order valence-corrected chi connectivity index (χ4v) is 4.91. The van der Waals surface area contributed by atoms with Crippen LogP contribution in [0.1, 0.15) is 15.9 Å². The summed E-state index contributed by atoms with van der Waals surface area (Å²) < 4.78 is 5.29. The summed E-state index contributed by atoms with van der Waals surface area (Å²) in [6.45, 7) is 0. The van der Waals surface area contributed by atoms with Crippen molar-refractivity contribution >= 4 is 40.2 Å². The van der Waals surface area contributed by atoms with Crippen LogP contribution in [0.25, 0.3) is 33.4 Å². The summed E-state index contributed by atoms with van der Waals surface area (Å²) in [4.78, 5) is 33.7. The second kappa shape index (κ2) is 11.7. The lowest BCUT2D eigenvalue weighted by Crippen LogP contribution is -2.14. The Bertz CT molecular complexity index is 1780. The number of pyridine rings is 2. The number of benzene rings is 3. The fourth-order valence-electron chi connectivity index (χ4n) is 4.13. The lowest BCUT2D eigenvalue weighted by molar-refractivity contribution is -0.113. The van der Waals surface area contributed by atoms with E-state index in [4.69, 9.17) is 4.74 Å². The Morgan fingerprint density at radius 3 is 2.48 bits per heavy atom. The van der Waals surface area contributed by atoms with Crippen LogP contribution >= 0.6 is 11.8 Å². The highest BCUT2D eigenvalue weighted by atomic mass is 32.2. The monoisotopic (exact) mass is 546 g/mol. The maximum atomic E-state index is 12.7. The van der Waals surface area contributed by atoms with E-state index in [9.17, 15) is 20.0 Å². The Hall–Kier alpha value is -5.20. The van der Waals surface area contributed by atoms with Crippen LogP contribution < -0.4 is 10.1 Å². The Balaban J connectivity index is 1.28. The number of amides is 1. The number of anilines is 1. The van der Waals surface area contributed by atoms with Crippen molar-refractivity contribution in [3.8, 4) is 34.3 Å². The van der Waals surface area contributed by atoms with Gasteiger partial charge in [0.2, 0.25) is 5.91 Å². The van der Waals surface area contributed by atoms with E-state index in [1.54, 1.807) is 67.8 Å². The van der Waals surface area contributed by atoms with Crippen LogP contribution in [0.5, 0.6) is 5.75 Å². The number of hydrogen-bond acceptors (Lipinski definition) is 7. The molecular formula is C31H22N4O4S. The quantitative estimate of drug-likeness (QED) is 0.218. The molecule has 3 aromatic carbocycles. The topological polar surface area (TPSA) is 125 Å². The summed E-state index contributed by atoms with van der Waals surface area (Å²) in [5.74, 6) is -0.530. The number of rotatable bonds is 8. The molecule has 0 spiro atoms. The first-order valence-electron chi connectivity index (χ1n) is 12.2. The van der Waals surface area contributed by atoms with E-state index in [1.807, 2.05) is 30.3 Å². The van der Waals surface area contributed by atoms with Gasteiger partial charge in [-0.3, -0.25) is 4.79 Å². The van der Waals surface area contributed by atoms with E-state index in [0.29, 0.717) is 44.3 Å². The van der Waals surface area contributed by atoms with Crippen molar-refractivity contribution < 1.29 is 19.4 Å². The number of carbonyl (C=O) groups excluding carboxylic acids is 1. The van der Waals surface area contributed by atoms with Gasteiger partial charge in [0.05, 0.1) is 40.9 Å². The van der Waals surface area contributed by atoms with E-state index in [2.05, 4.69) is 21.4 Å². The van der Waals surface area contributed by atoms with E-state index in [0.717, 1.165) is 11.1 Å². The van der Waals surface area contributed by atoms with E-state index >= 15 is 0 Å². The lowest BCUT2D eigenvalue weighted by atomic mass is 10.0. The molecule has 0 aliphatic rings. The third kappa shape index (κ3) is 5.77. The van der Waals surface area contributed by atoms with Gasteiger partial charge in [0.1, 0.15) is 16.8 Å². The molecule has 2 aromatic heterocycles. The number of aromatic nitrogens is 2. The zero-order valence-electron chi connectivity index (χ0n) is 21.3. The molecule has 9 heteroatoms. The van der Waals surface area contributed by atoms with Crippen LogP contribution in [0.2, 0.25) is 0 Å². The van der Waals surface area contributed by atoms with Gasteiger partial charge in [-0.25, -0.2) is 14.8 Å². The zero-order valence-corrected chi connectivity index (χ0v) is 22.1. The van der Waals surface area contributed by atoms with Gasteiger partial charge in [0.25, 0.3) is 0 Å². The molecule has 0 fully saturated rings. The predicted molar refractivity (Wildman–Crippen MR) is 154 cm³/mol. The first-order chi connectivity index (χ1) is 19.4. The van der Waals surface area contributed by atoms with Gasteiger partial charge in [-0.05, 0) is 48.5 Å². The molecule has 8 nitrogen and oxygen atoms in total. The van der Waals surface area contributed by atoms with Gasteiger partial charge < -0.3 is 15.2 Å². The second-order valence-corrected chi connectivity index (χ2v) is 9.65. The minimum absolute atomic E-state index is 0.0548. The summed E-state index contributed by atoms with van der Waals surface area (Å²) in [5.41, 5.74) is 4.48. The van der Waals surface area contributed by atoms with Crippen molar-refractivity contribution in [2.24, 2.45) is 0 Å². The molecule has 0 aliphatic heterocycles. The molecule has 0 radical (unpaired) electrons. The van der Waals surface area contributed by atoms with Crippen molar-refractivity contribution in [2.75, 3.05) is 18.2 Å². The number of carbonyl (C=O) groups is 2. The van der Waals surface area contributed by atoms with E-state index in [1.165, 1.54) is 11.8 Å². The van der Waals surface area contributed by atoms with Crippen LogP contribution in [0.3, 0.4) is 0 Å². The SMILES string of the molecule is COc1cccc(-c2ccc(C#N)c(SCC(=O)Nc3ccc(-c4cc(C(=O)O)c5ccccc5n4)cc3)n2)c1. The van der Waals surface area contributed by atoms with Gasteiger partial charge in [-0.15, -0.1) is 0 Å². The van der Waals surface area contributed by atoms with Gasteiger partial charge in [0.15, 0.2) is 0 Å². The molecule has 0 saturated heterocycles. The van der Waals surface area contributed by atoms with E-state index < -0.39 is 5.97 Å². The standard InChI is InChI=1S/C31H22N4O4S/c1-39-23-6-4-5-20(15-23)26-14-11-21(17-32)30(35-26)40-18-29(36)33-22-12-9-19(10-13-22)28-16-25(31(37)38)24-7-2-3-8-27(24)34-28/h2-16H,18H2,1H3,(H,33,36)(H,37,38). The number of nitrogens with zero attached hydrogens (tertiary/aromatic N) is 3. The number of carboxylic acids is 1. The Labute approximate surface area is 234 Å². The summed E-state index contributed by atoms with van der Waals surface area (Å²) in [7, 11) is 1.59. The highest BCUT2D eigenvalue weighted by molar-refractivity contribution is 8.00. The number of ether oxygens (including phenoxy) is 1. The average molecular weight is 547 g/mol. The van der Waals surface area contributed by atoms with Crippen LogP contribution in [-0.4, -0.2) is 39.8 Å². The van der Waals surface area contributed by atoms with Crippen molar-refractivity contribution in [2.45, 2.75) is 5.03 Å². The smallest absolute Gasteiger partial charge is 0.336 e. The predicted octanol–water partition coefficient (Wildman–Crippen LogP) is 6.27. The van der Waals surface area contributed by atoms with Crippen molar-refractivity contribution in [1.29, 1.82) is 5.26 Å². The minimum atomic E-state index is -1.02. The number of hydrogen-bond donors (Lipinski definition) is 2. The number of nitriles is 1. The van der Waals surface area contributed by atoms with Gasteiger partial charge in [-0.1, -0.05) is 54.2 Å². The molecule has 0 atom stereocenters. The summed E-state index contributed by atoms with van der Waals surface area (Å²) in [5, 5.41) is 23.1. The molecule has 2 heterocycles. The number of fused-ring (bicyclic) bond motifs is 1. The molecule has 0 aliphatic carbocycles. The van der Waals surface area contributed by atoms with Crippen LogP contribution in [0.4, 0.5) is 5.69 Å². The van der Waals surface area contributed by atoms with Crippen LogP contribution in [0, 0.1) is 11.3 Å². The van der Waals surface area contributed by atoms with Crippen LogP contribution in [-0.2, 0) is 4.79 Å². The van der Waals surface area contributed by atoms with Crippen LogP contribution in [0.15, 0.2) is 96.0 Å². The molecule has 5 rings (SSSR count). The zero-order chi connectivity index (χ0) is 28.1. The normalized spacial score (nSPS) is 10.6. The molecule has 2 N–H and O–H groups in total. The number of carboxylic acid groups (broad SMARTS) is 1. The Morgan fingerprint density at radius 2 is 1.73 bits per heavy atom. The molecule has 196 valence electrons. The first kappa shape index (κ1) is 26.4. The summed E-state index contributed by atoms with van der Waals surface area (Å²) >= 11 is 1.18. The lowest BCUT2D eigenvalue weighted by Gasteiger charge is -2.10. The molecule has 0 saturated carbocycles. The first-order valence-corrected chi connectivity index (χ1v) is 13.2. The maximum Gasteiger partial charge on any atom is 0.336 e. The Morgan fingerprint density at radius 1 is 0.925 bits per heavy atom. The Kier molecular flexibility index (Phi) is 7.71. The number of nitrogens with one attached hydrogen (secondary N) is 1. The van der Waals surface area contributed by atoms with Crippen molar-refractivity contribution in [1.82, 2.24) is 9.97 Å². The average Bonchev–Trinajstić information content (AvgIpc) is 2.99. The summed E-state index contributed by atoms with van der Waals surface area (Å²) in [6.07, 6.45) is 0. The number of methoxy groups -OCH3 is 1. The van der Waals surface area contributed by atoms with Gasteiger partial charge in [0, 0.05) is 22.2 Å². The van der Waals surface area contributed by atoms with Gasteiger partial charge >= 0.3 is 5.97 Å². The molecular weight excluding hydrogens is 524 g/mol. The van der Waals surface area contributed by atoms with E-state index in [-0.39, 0.29) is 17.2 Å². The number of thioether (sulfide) groups is 1. The third-order valence-electron chi connectivity index (χ3n) is 6.10. The maximum absolute atomic E-state index is 12.7. The molecule has 0 bridgehead atoms. The van der Waals surface area contributed by atoms with Gasteiger partial charge in [-0.2, -0.15) is 5.26 Å². The van der Waals surface area contributed by atoms with Crippen molar-refractivity contribution in [3.63, 3.8) is 0 Å². The summed E-state index contributed by atoms with van der Waals surface area (Å²) in [6, 6.07) is 28.7. The molecule has 1 amide bonds. The second-order valence-electron chi connectivity index (χ2n) is 8.68. The highest BCUT2D eigenvalue weighted by Crippen LogP contribution is 2.28. The molecule has 5 aromatic rings. The highest BCUT2D eigenvalue weighted by Gasteiger charge is 2.14. The largest absolute Gasteiger partial charge is 0.497 e. The molecule has 40 heavy (non-hydrogen) atoms. The number of para-hydroxylation sites is 1. The fraction of sp³-hybridized carbons (Fsp3) is 0.0645.